The number of thioether (sulfide) groups is 1. The van der Waals surface area contributed by atoms with Crippen molar-refractivity contribution in [1.82, 2.24) is 4.90 Å². The zero-order chi connectivity index (χ0) is 14.5. The van der Waals surface area contributed by atoms with Gasteiger partial charge in [-0.05, 0) is 44.1 Å². The van der Waals surface area contributed by atoms with Crippen molar-refractivity contribution in [3.05, 3.63) is 24.3 Å². The van der Waals surface area contributed by atoms with Gasteiger partial charge in [0, 0.05) is 18.0 Å². The summed E-state index contributed by atoms with van der Waals surface area (Å²) >= 11 is 1.62. The number of hydrogen-bond donors (Lipinski definition) is 2. The van der Waals surface area contributed by atoms with E-state index in [0.29, 0.717) is 19.0 Å². The molecule has 1 fully saturated rings. The van der Waals surface area contributed by atoms with Crippen molar-refractivity contribution in [3.63, 3.8) is 0 Å². The molecule has 1 atom stereocenters. The van der Waals surface area contributed by atoms with Crippen LogP contribution in [0.1, 0.15) is 19.8 Å². The molecule has 1 aliphatic rings. The number of aliphatic hydroxyl groups excluding tert-OH is 1. The number of carbonyl (C=O) groups is 1. The van der Waals surface area contributed by atoms with Crippen LogP contribution < -0.4 is 5.32 Å². The molecule has 1 unspecified atom stereocenters. The molecule has 2 amide bonds. The highest BCUT2D eigenvalue weighted by Crippen LogP contribution is 2.26. The van der Waals surface area contributed by atoms with Gasteiger partial charge in [-0.2, -0.15) is 0 Å². The van der Waals surface area contributed by atoms with Crippen molar-refractivity contribution < 1.29 is 9.90 Å². The Hall–Kier alpha value is -1.20. The molecule has 2 N–H and O–H groups in total. The predicted octanol–water partition coefficient (Wildman–Crippen LogP) is 3.03. The number of nitrogens with one attached hydrogen (secondary N) is 1. The minimum atomic E-state index is -0.280. The van der Waals surface area contributed by atoms with Gasteiger partial charge in [0.1, 0.15) is 0 Å². The van der Waals surface area contributed by atoms with Gasteiger partial charge in [0.2, 0.25) is 0 Å². The van der Waals surface area contributed by atoms with E-state index in [1.54, 1.807) is 11.8 Å². The van der Waals surface area contributed by atoms with E-state index < -0.39 is 0 Å². The van der Waals surface area contributed by atoms with E-state index in [0.717, 1.165) is 23.4 Å². The van der Waals surface area contributed by atoms with Crippen LogP contribution in [0, 0.1) is 5.92 Å². The monoisotopic (exact) mass is 294 g/mol. The maximum atomic E-state index is 12.3. The van der Waals surface area contributed by atoms with E-state index in [1.807, 2.05) is 42.3 Å². The van der Waals surface area contributed by atoms with Crippen LogP contribution in [0.3, 0.4) is 0 Å². The van der Waals surface area contributed by atoms with E-state index >= 15 is 0 Å². The summed E-state index contributed by atoms with van der Waals surface area (Å²) in [4.78, 5) is 15.2. The van der Waals surface area contributed by atoms with E-state index in [-0.39, 0.29) is 12.1 Å². The maximum absolute atomic E-state index is 12.3. The van der Waals surface area contributed by atoms with Gasteiger partial charge in [0.15, 0.2) is 0 Å². The SMILES string of the molecule is CSc1ccccc1NC(=O)N1CCC(C(C)O)CC1. The number of carbonyl (C=O) groups excluding carboxylic acids is 1. The summed E-state index contributed by atoms with van der Waals surface area (Å²) < 4.78 is 0. The van der Waals surface area contributed by atoms with Gasteiger partial charge in [-0.25, -0.2) is 4.79 Å². The molecule has 4 nitrogen and oxygen atoms in total. The molecule has 1 aromatic rings. The van der Waals surface area contributed by atoms with Crippen LogP contribution >= 0.6 is 11.8 Å². The first-order chi connectivity index (χ1) is 9.61. The predicted molar refractivity (Wildman–Crippen MR) is 83.2 cm³/mol. The lowest BCUT2D eigenvalue weighted by Crippen LogP contribution is -2.42. The summed E-state index contributed by atoms with van der Waals surface area (Å²) in [5.74, 6) is 0.317. The first-order valence-corrected chi connectivity index (χ1v) is 8.21. The van der Waals surface area contributed by atoms with Gasteiger partial charge >= 0.3 is 6.03 Å². The van der Waals surface area contributed by atoms with Crippen LogP contribution in [-0.4, -0.2) is 41.5 Å². The summed E-state index contributed by atoms with van der Waals surface area (Å²) in [6.45, 7) is 3.25. The Bertz CT molecular complexity index is 457. The molecule has 1 saturated heterocycles. The van der Waals surface area contributed by atoms with Crippen molar-refractivity contribution in [2.24, 2.45) is 5.92 Å². The van der Waals surface area contributed by atoms with E-state index in [1.165, 1.54) is 0 Å². The van der Waals surface area contributed by atoms with Crippen molar-refractivity contribution in [1.29, 1.82) is 0 Å². The number of hydrogen-bond acceptors (Lipinski definition) is 3. The van der Waals surface area contributed by atoms with Crippen LogP contribution in [-0.2, 0) is 0 Å². The number of aliphatic hydroxyl groups is 1. The fourth-order valence-corrected chi connectivity index (χ4v) is 3.08. The number of urea groups is 1. The van der Waals surface area contributed by atoms with Gasteiger partial charge in [-0.1, -0.05) is 12.1 Å². The van der Waals surface area contributed by atoms with Gasteiger partial charge in [-0.15, -0.1) is 11.8 Å². The zero-order valence-electron chi connectivity index (χ0n) is 12.0. The average molecular weight is 294 g/mol. The van der Waals surface area contributed by atoms with Crippen molar-refractivity contribution in [2.45, 2.75) is 30.8 Å². The third-order valence-corrected chi connectivity index (χ3v) is 4.65. The Balaban J connectivity index is 1.93. The number of likely N-dealkylation sites (tertiary alicyclic amines) is 1. The van der Waals surface area contributed by atoms with Crippen LogP contribution in [0.15, 0.2) is 29.2 Å². The molecule has 0 saturated carbocycles. The minimum absolute atomic E-state index is 0.0458. The third-order valence-electron chi connectivity index (χ3n) is 3.86. The van der Waals surface area contributed by atoms with Crippen molar-refractivity contribution >= 4 is 23.5 Å². The topological polar surface area (TPSA) is 52.6 Å². The van der Waals surface area contributed by atoms with Crippen LogP contribution in [0.4, 0.5) is 10.5 Å². The Morgan fingerprint density at radius 2 is 2.05 bits per heavy atom. The van der Waals surface area contributed by atoms with Crippen LogP contribution in [0.25, 0.3) is 0 Å². The lowest BCUT2D eigenvalue weighted by Gasteiger charge is -2.33. The van der Waals surface area contributed by atoms with Crippen LogP contribution in [0.5, 0.6) is 0 Å². The summed E-state index contributed by atoms with van der Waals surface area (Å²) in [5, 5.41) is 12.6. The number of para-hydroxylation sites is 1. The second kappa shape index (κ2) is 6.99. The third kappa shape index (κ3) is 3.67. The molecule has 0 aromatic heterocycles. The first kappa shape index (κ1) is 15.2. The van der Waals surface area contributed by atoms with Gasteiger partial charge in [0.05, 0.1) is 11.8 Å². The zero-order valence-corrected chi connectivity index (χ0v) is 12.8. The number of nitrogens with zero attached hydrogens (tertiary/aromatic N) is 1. The minimum Gasteiger partial charge on any atom is -0.393 e. The van der Waals surface area contributed by atoms with Gasteiger partial charge in [-0.3, -0.25) is 0 Å². The van der Waals surface area contributed by atoms with Crippen LogP contribution in [0.2, 0.25) is 0 Å². The van der Waals surface area contributed by atoms with E-state index in [2.05, 4.69) is 5.32 Å². The largest absolute Gasteiger partial charge is 0.393 e. The highest BCUT2D eigenvalue weighted by Gasteiger charge is 2.25. The van der Waals surface area contributed by atoms with E-state index in [4.69, 9.17) is 0 Å². The molecular weight excluding hydrogens is 272 g/mol. The normalized spacial score (nSPS) is 17.9. The summed E-state index contributed by atoms with van der Waals surface area (Å²) in [6, 6.07) is 7.77. The lowest BCUT2D eigenvalue weighted by molar-refractivity contribution is 0.0820. The number of anilines is 1. The van der Waals surface area contributed by atoms with Gasteiger partial charge in [0.25, 0.3) is 0 Å². The number of amides is 2. The second-order valence-corrected chi connectivity index (χ2v) is 6.04. The highest BCUT2D eigenvalue weighted by atomic mass is 32.2. The second-order valence-electron chi connectivity index (χ2n) is 5.20. The Labute approximate surface area is 124 Å². The fraction of sp³-hybridized carbons (Fsp3) is 0.533. The smallest absolute Gasteiger partial charge is 0.321 e. The molecule has 0 radical (unpaired) electrons. The molecule has 110 valence electrons. The standard InChI is InChI=1S/C15H22N2O2S/c1-11(18)12-7-9-17(10-8-12)15(19)16-13-5-3-4-6-14(13)20-2/h3-6,11-12,18H,7-10H2,1-2H3,(H,16,19). The first-order valence-electron chi connectivity index (χ1n) is 6.99. The number of benzene rings is 1. The molecular formula is C15H22N2O2S. The molecule has 0 spiro atoms. The van der Waals surface area contributed by atoms with Gasteiger partial charge < -0.3 is 15.3 Å². The van der Waals surface area contributed by atoms with Crippen molar-refractivity contribution in [2.75, 3.05) is 24.7 Å². The molecule has 0 bridgehead atoms. The van der Waals surface area contributed by atoms with Crippen molar-refractivity contribution in [3.8, 4) is 0 Å². The lowest BCUT2D eigenvalue weighted by atomic mass is 9.92. The summed E-state index contributed by atoms with van der Waals surface area (Å²) in [6.07, 6.45) is 3.46. The molecule has 0 aliphatic carbocycles. The Morgan fingerprint density at radius 1 is 1.40 bits per heavy atom. The molecule has 5 heteroatoms. The molecule has 1 aromatic carbocycles. The Kier molecular flexibility index (Phi) is 5.31. The molecule has 1 aliphatic heterocycles. The molecule has 20 heavy (non-hydrogen) atoms. The summed E-state index contributed by atoms with van der Waals surface area (Å²) in [5.41, 5.74) is 0.864. The maximum Gasteiger partial charge on any atom is 0.321 e. The Morgan fingerprint density at radius 3 is 2.65 bits per heavy atom. The quantitative estimate of drug-likeness (QED) is 0.843. The number of piperidine rings is 1. The molecule has 2 rings (SSSR count). The number of rotatable bonds is 3. The fourth-order valence-electron chi connectivity index (χ4n) is 2.53. The molecule has 1 heterocycles. The highest BCUT2D eigenvalue weighted by molar-refractivity contribution is 7.98. The average Bonchev–Trinajstić information content (AvgIpc) is 2.48. The summed E-state index contributed by atoms with van der Waals surface area (Å²) in [7, 11) is 0. The van der Waals surface area contributed by atoms with E-state index in [9.17, 15) is 9.90 Å².